The van der Waals surface area contributed by atoms with Crippen LogP contribution in [0, 0.1) is 5.92 Å². The van der Waals surface area contributed by atoms with Crippen molar-refractivity contribution < 1.29 is 9.32 Å². The number of likely N-dealkylation sites (N-methyl/N-ethyl adjacent to an activating group) is 1. The molecular weight excluding hydrogens is 300 g/mol. The molecule has 0 aromatic carbocycles. The number of carbonyl (C=O) groups is 1. The molecule has 0 bridgehead atoms. The molecule has 2 unspecified atom stereocenters. The molecule has 0 saturated heterocycles. The van der Waals surface area contributed by atoms with Crippen LogP contribution >= 0.6 is 11.3 Å². The highest BCUT2D eigenvalue weighted by Crippen LogP contribution is 2.21. The molecule has 6 nitrogen and oxygen atoms in total. The maximum atomic E-state index is 12.2. The zero-order valence-corrected chi connectivity index (χ0v) is 14.1. The standard InChI is InChI=1S/C15H22N4O2S/c1-9(2)13(18-14(20)11-6-5-7-22-11)15-17-12(19-21-15)8-10(3)16-4/h5-7,9-10,13,16H,8H2,1-4H3,(H,18,20). The lowest BCUT2D eigenvalue weighted by molar-refractivity contribution is 0.0918. The highest BCUT2D eigenvalue weighted by molar-refractivity contribution is 7.12. The van der Waals surface area contributed by atoms with Crippen LogP contribution < -0.4 is 10.6 Å². The molecule has 2 atom stereocenters. The Morgan fingerprint density at radius 1 is 1.41 bits per heavy atom. The lowest BCUT2D eigenvalue weighted by atomic mass is 10.0. The summed E-state index contributed by atoms with van der Waals surface area (Å²) in [6.45, 7) is 6.08. The molecule has 2 aromatic rings. The largest absolute Gasteiger partial charge is 0.339 e. The van der Waals surface area contributed by atoms with Gasteiger partial charge in [0.2, 0.25) is 5.89 Å². The van der Waals surface area contributed by atoms with Gasteiger partial charge in [-0.2, -0.15) is 4.98 Å². The van der Waals surface area contributed by atoms with Crippen molar-refractivity contribution in [2.75, 3.05) is 7.05 Å². The summed E-state index contributed by atoms with van der Waals surface area (Å²) in [5, 5.41) is 12.0. The molecule has 2 aromatic heterocycles. The van der Waals surface area contributed by atoms with Crippen LogP contribution in [0.25, 0.3) is 0 Å². The van der Waals surface area contributed by atoms with E-state index in [0.717, 1.165) is 0 Å². The maximum Gasteiger partial charge on any atom is 0.262 e. The van der Waals surface area contributed by atoms with Crippen LogP contribution in [0.15, 0.2) is 22.0 Å². The highest BCUT2D eigenvalue weighted by atomic mass is 32.1. The first-order chi connectivity index (χ1) is 10.5. The number of rotatable bonds is 7. The van der Waals surface area contributed by atoms with Gasteiger partial charge in [0, 0.05) is 12.5 Å². The summed E-state index contributed by atoms with van der Waals surface area (Å²) in [4.78, 5) is 17.3. The summed E-state index contributed by atoms with van der Waals surface area (Å²) in [6, 6.07) is 3.63. The van der Waals surface area contributed by atoms with Crippen molar-refractivity contribution in [3.05, 3.63) is 34.1 Å². The van der Waals surface area contributed by atoms with E-state index in [0.29, 0.717) is 23.0 Å². The first-order valence-corrected chi connectivity index (χ1v) is 8.23. The number of carbonyl (C=O) groups excluding carboxylic acids is 1. The zero-order valence-electron chi connectivity index (χ0n) is 13.3. The van der Waals surface area contributed by atoms with Crippen LogP contribution in [0.1, 0.15) is 48.2 Å². The maximum absolute atomic E-state index is 12.2. The molecular formula is C15H22N4O2S. The molecule has 0 aliphatic carbocycles. The average Bonchev–Trinajstić information content (AvgIpc) is 3.15. The normalized spacial score (nSPS) is 14.0. The first kappa shape index (κ1) is 16.6. The van der Waals surface area contributed by atoms with Gasteiger partial charge in [-0.1, -0.05) is 25.1 Å². The van der Waals surface area contributed by atoms with Gasteiger partial charge >= 0.3 is 0 Å². The number of thiophene rings is 1. The van der Waals surface area contributed by atoms with E-state index in [1.807, 2.05) is 32.3 Å². The highest BCUT2D eigenvalue weighted by Gasteiger charge is 2.25. The molecule has 2 rings (SSSR count). The SMILES string of the molecule is CNC(C)Cc1noc(C(NC(=O)c2cccs2)C(C)C)n1. The Bertz CT molecular complexity index is 594. The van der Waals surface area contributed by atoms with Gasteiger partial charge in [0.15, 0.2) is 5.82 Å². The summed E-state index contributed by atoms with van der Waals surface area (Å²) in [7, 11) is 1.89. The van der Waals surface area contributed by atoms with Crippen LogP contribution in [0.3, 0.4) is 0 Å². The van der Waals surface area contributed by atoms with Gasteiger partial charge in [0.05, 0.1) is 4.88 Å². The second-order valence-electron chi connectivity index (χ2n) is 5.62. The van der Waals surface area contributed by atoms with Gasteiger partial charge in [0.25, 0.3) is 5.91 Å². The van der Waals surface area contributed by atoms with E-state index in [9.17, 15) is 4.79 Å². The third kappa shape index (κ3) is 4.14. The van der Waals surface area contributed by atoms with E-state index in [1.54, 1.807) is 6.07 Å². The predicted molar refractivity (Wildman–Crippen MR) is 85.9 cm³/mol. The summed E-state index contributed by atoms with van der Waals surface area (Å²) in [5.74, 6) is 1.14. The summed E-state index contributed by atoms with van der Waals surface area (Å²) in [5.41, 5.74) is 0. The van der Waals surface area contributed by atoms with Crippen molar-refractivity contribution in [3.8, 4) is 0 Å². The molecule has 0 fully saturated rings. The van der Waals surface area contributed by atoms with E-state index in [1.165, 1.54) is 11.3 Å². The molecule has 1 amide bonds. The fraction of sp³-hybridized carbons (Fsp3) is 0.533. The van der Waals surface area contributed by atoms with Crippen LogP contribution in [0.4, 0.5) is 0 Å². The zero-order chi connectivity index (χ0) is 16.1. The van der Waals surface area contributed by atoms with Crippen molar-refractivity contribution in [1.82, 2.24) is 20.8 Å². The van der Waals surface area contributed by atoms with Crippen molar-refractivity contribution in [1.29, 1.82) is 0 Å². The molecule has 7 heteroatoms. The molecule has 0 aliphatic heterocycles. The third-order valence-corrected chi connectivity index (χ3v) is 4.30. The van der Waals surface area contributed by atoms with E-state index < -0.39 is 0 Å². The van der Waals surface area contributed by atoms with Gasteiger partial charge in [-0.3, -0.25) is 4.79 Å². The Kier molecular flexibility index (Phi) is 5.68. The predicted octanol–water partition coefficient (Wildman–Crippen LogP) is 2.41. The van der Waals surface area contributed by atoms with Crippen molar-refractivity contribution in [3.63, 3.8) is 0 Å². The van der Waals surface area contributed by atoms with Crippen LogP contribution in [-0.2, 0) is 6.42 Å². The lowest BCUT2D eigenvalue weighted by Gasteiger charge is -2.18. The van der Waals surface area contributed by atoms with Crippen LogP contribution in [0.2, 0.25) is 0 Å². The molecule has 2 heterocycles. The molecule has 0 spiro atoms. The first-order valence-electron chi connectivity index (χ1n) is 7.35. The van der Waals surface area contributed by atoms with E-state index in [4.69, 9.17) is 4.52 Å². The molecule has 0 saturated carbocycles. The molecule has 2 N–H and O–H groups in total. The molecule has 0 aliphatic rings. The Balaban J connectivity index is 2.09. The number of hydrogen-bond acceptors (Lipinski definition) is 6. The Morgan fingerprint density at radius 2 is 2.18 bits per heavy atom. The molecule has 22 heavy (non-hydrogen) atoms. The number of aromatic nitrogens is 2. The summed E-state index contributed by atoms with van der Waals surface area (Å²) >= 11 is 1.41. The fourth-order valence-corrected chi connectivity index (χ4v) is 2.61. The smallest absolute Gasteiger partial charge is 0.262 e. The van der Waals surface area contributed by atoms with Gasteiger partial charge < -0.3 is 15.2 Å². The second-order valence-corrected chi connectivity index (χ2v) is 6.56. The number of nitrogens with zero attached hydrogens (tertiary/aromatic N) is 2. The third-order valence-electron chi connectivity index (χ3n) is 3.43. The number of hydrogen-bond donors (Lipinski definition) is 2. The monoisotopic (exact) mass is 322 g/mol. The van der Waals surface area contributed by atoms with Crippen molar-refractivity contribution in [2.24, 2.45) is 5.92 Å². The van der Waals surface area contributed by atoms with Crippen molar-refractivity contribution >= 4 is 17.2 Å². The van der Waals surface area contributed by atoms with Gasteiger partial charge in [-0.15, -0.1) is 11.3 Å². The minimum absolute atomic E-state index is 0.114. The second kappa shape index (κ2) is 7.51. The number of nitrogens with one attached hydrogen (secondary N) is 2. The van der Waals surface area contributed by atoms with Gasteiger partial charge in [-0.25, -0.2) is 0 Å². The van der Waals surface area contributed by atoms with E-state index >= 15 is 0 Å². The number of amides is 1. The lowest BCUT2D eigenvalue weighted by Crippen LogP contribution is -2.31. The summed E-state index contributed by atoms with van der Waals surface area (Å²) in [6.07, 6.45) is 0.684. The van der Waals surface area contributed by atoms with Gasteiger partial charge in [-0.05, 0) is 31.3 Å². The minimum Gasteiger partial charge on any atom is -0.339 e. The Labute approximate surface area is 134 Å². The minimum atomic E-state index is -0.291. The molecule has 120 valence electrons. The van der Waals surface area contributed by atoms with Crippen LogP contribution in [-0.4, -0.2) is 29.1 Å². The Hall–Kier alpha value is -1.73. The van der Waals surface area contributed by atoms with Gasteiger partial charge in [0.1, 0.15) is 6.04 Å². The Morgan fingerprint density at radius 3 is 2.77 bits per heavy atom. The topological polar surface area (TPSA) is 80.0 Å². The van der Waals surface area contributed by atoms with E-state index in [2.05, 4.69) is 27.7 Å². The quantitative estimate of drug-likeness (QED) is 0.818. The van der Waals surface area contributed by atoms with Crippen LogP contribution in [0.5, 0.6) is 0 Å². The average molecular weight is 322 g/mol. The molecule has 0 radical (unpaired) electrons. The fourth-order valence-electron chi connectivity index (χ4n) is 1.99. The van der Waals surface area contributed by atoms with Crippen molar-refractivity contribution in [2.45, 2.75) is 39.3 Å². The summed E-state index contributed by atoms with van der Waals surface area (Å²) < 4.78 is 5.35. The van der Waals surface area contributed by atoms with E-state index in [-0.39, 0.29) is 23.9 Å².